The molecule has 0 atom stereocenters. The summed E-state index contributed by atoms with van der Waals surface area (Å²) in [6, 6.07) is 5.26. The van der Waals surface area contributed by atoms with Crippen LogP contribution >= 0.6 is 35.0 Å². The van der Waals surface area contributed by atoms with Gasteiger partial charge in [-0.1, -0.05) is 43.1 Å². The van der Waals surface area contributed by atoms with Crippen molar-refractivity contribution in [2.45, 2.75) is 20.8 Å². The molecule has 6 heteroatoms. The van der Waals surface area contributed by atoms with E-state index in [1.807, 2.05) is 0 Å². The van der Waals surface area contributed by atoms with E-state index in [1.54, 1.807) is 18.2 Å². The summed E-state index contributed by atoms with van der Waals surface area (Å²) in [7, 11) is 0. The van der Waals surface area contributed by atoms with Gasteiger partial charge in [0, 0.05) is 12.7 Å². The molecule has 1 aromatic rings. The second-order valence-electron chi connectivity index (χ2n) is 4.44. The van der Waals surface area contributed by atoms with Crippen LogP contribution in [0.25, 0.3) is 0 Å². The average Bonchev–Trinajstić information content (AvgIpc) is 2.30. The first-order chi connectivity index (χ1) is 8.90. The molecule has 0 spiro atoms. The molecule has 0 fully saturated rings. The third kappa shape index (κ3) is 5.85. The van der Waals surface area contributed by atoms with Gasteiger partial charge in [0.05, 0.1) is 10.0 Å². The monoisotopic (exact) mass is 319 g/mol. The number of halogens is 2. The Morgan fingerprint density at radius 3 is 2.42 bits per heavy atom. The van der Waals surface area contributed by atoms with Crippen molar-refractivity contribution in [3.8, 4) is 0 Å². The van der Waals surface area contributed by atoms with E-state index in [2.05, 4.69) is 24.2 Å². The highest BCUT2D eigenvalue weighted by Crippen LogP contribution is 2.25. The molecular formula is C13H17Cl2N2OS+. The van der Waals surface area contributed by atoms with Gasteiger partial charge in [-0.05, 0) is 29.8 Å². The zero-order valence-electron chi connectivity index (χ0n) is 11.1. The number of amidine groups is 1. The van der Waals surface area contributed by atoms with E-state index in [-0.39, 0.29) is 5.91 Å². The molecule has 0 heterocycles. The molecule has 2 N–H and O–H groups in total. The fourth-order valence-electron chi connectivity index (χ4n) is 1.24. The number of benzene rings is 1. The van der Waals surface area contributed by atoms with Crippen LogP contribution in [-0.2, 0) is 4.79 Å². The number of hydrogen-bond donors (Lipinski definition) is 2. The number of thioether (sulfide) groups is 1. The van der Waals surface area contributed by atoms with Crippen molar-refractivity contribution in [3.63, 3.8) is 0 Å². The van der Waals surface area contributed by atoms with Gasteiger partial charge in [-0.3, -0.25) is 0 Å². The van der Waals surface area contributed by atoms with Gasteiger partial charge >= 0.3 is 11.1 Å². The summed E-state index contributed by atoms with van der Waals surface area (Å²) in [5, 5.41) is 4.41. The minimum Gasteiger partial charge on any atom is -0.247 e. The van der Waals surface area contributed by atoms with Gasteiger partial charge in [0.2, 0.25) is 0 Å². The number of para-hydroxylation sites is 1. The Kier molecular flexibility index (Phi) is 6.69. The lowest BCUT2D eigenvalue weighted by atomic mass is 10.3. The fraction of sp³-hybridized carbons (Fsp3) is 0.385. The molecule has 1 rings (SSSR count). The Labute approximate surface area is 127 Å². The van der Waals surface area contributed by atoms with Gasteiger partial charge in [0.1, 0.15) is 0 Å². The van der Waals surface area contributed by atoms with Crippen LogP contribution in [0.3, 0.4) is 0 Å². The van der Waals surface area contributed by atoms with Crippen molar-refractivity contribution >= 4 is 51.7 Å². The minimum absolute atomic E-state index is 0.137. The summed E-state index contributed by atoms with van der Waals surface area (Å²) in [5.74, 6) is 1.25. The minimum atomic E-state index is -0.137. The number of carbonyl (C=O) groups excluding carboxylic acids is 1. The van der Waals surface area contributed by atoms with Crippen LogP contribution < -0.4 is 10.3 Å². The van der Waals surface area contributed by atoms with Crippen LogP contribution in [0.4, 0.5) is 5.69 Å². The van der Waals surface area contributed by atoms with Gasteiger partial charge in [-0.2, -0.15) is 0 Å². The second-order valence-corrected chi connectivity index (χ2v) is 6.28. The number of carbonyl (C=O) groups is 1. The normalized spacial score (nSPS) is 11.8. The van der Waals surface area contributed by atoms with Crippen molar-refractivity contribution in [1.29, 1.82) is 0 Å². The maximum absolute atomic E-state index is 11.2. The number of rotatable bonds is 3. The Morgan fingerprint density at radius 2 is 1.95 bits per heavy atom. The van der Waals surface area contributed by atoms with Crippen molar-refractivity contribution in [3.05, 3.63) is 28.2 Å². The topological polar surface area (TPSA) is 43.1 Å². The Bertz CT molecular complexity index is 469. The lowest BCUT2D eigenvalue weighted by Gasteiger charge is -2.05. The van der Waals surface area contributed by atoms with E-state index in [4.69, 9.17) is 23.2 Å². The van der Waals surface area contributed by atoms with E-state index < -0.39 is 0 Å². The van der Waals surface area contributed by atoms with Crippen LogP contribution in [0.1, 0.15) is 20.8 Å². The third-order valence-corrected chi connectivity index (χ3v) is 4.01. The van der Waals surface area contributed by atoms with Crippen LogP contribution in [0, 0.1) is 5.92 Å². The molecule has 1 amide bonds. The molecule has 0 aliphatic carbocycles. The first kappa shape index (κ1) is 16.3. The van der Waals surface area contributed by atoms with Crippen molar-refractivity contribution in [2.75, 3.05) is 5.75 Å². The van der Waals surface area contributed by atoms with Crippen molar-refractivity contribution < 1.29 is 9.79 Å². The highest BCUT2D eigenvalue weighted by molar-refractivity contribution is 8.13. The van der Waals surface area contributed by atoms with Gasteiger partial charge in [-0.25, -0.2) is 15.1 Å². The number of amides is 1. The van der Waals surface area contributed by atoms with E-state index in [9.17, 15) is 4.79 Å². The quantitative estimate of drug-likeness (QED) is 0.664. The van der Waals surface area contributed by atoms with E-state index >= 15 is 0 Å². The maximum Gasteiger partial charge on any atom is 0.316 e. The molecule has 0 saturated heterocycles. The summed E-state index contributed by atoms with van der Waals surface area (Å²) in [4.78, 5) is 14.3. The molecule has 0 radical (unpaired) electrons. The predicted octanol–water partition coefficient (Wildman–Crippen LogP) is 2.59. The van der Waals surface area contributed by atoms with Crippen molar-refractivity contribution in [1.82, 2.24) is 5.32 Å². The van der Waals surface area contributed by atoms with Crippen LogP contribution in [-0.4, -0.2) is 16.8 Å². The first-order valence-corrected chi connectivity index (χ1v) is 7.62. The fourth-order valence-corrected chi connectivity index (χ4v) is 2.63. The van der Waals surface area contributed by atoms with Gasteiger partial charge < -0.3 is 0 Å². The van der Waals surface area contributed by atoms with Crippen molar-refractivity contribution in [2.24, 2.45) is 5.92 Å². The summed E-state index contributed by atoms with van der Waals surface area (Å²) in [6.45, 7) is 5.69. The largest absolute Gasteiger partial charge is 0.316 e. The van der Waals surface area contributed by atoms with Crippen LogP contribution in [0.2, 0.25) is 10.0 Å². The Morgan fingerprint density at radius 1 is 1.37 bits per heavy atom. The molecule has 0 bridgehead atoms. The molecule has 19 heavy (non-hydrogen) atoms. The molecular weight excluding hydrogens is 303 g/mol. The molecule has 3 nitrogen and oxygen atoms in total. The maximum atomic E-state index is 11.2. The zero-order valence-corrected chi connectivity index (χ0v) is 13.4. The third-order valence-electron chi connectivity index (χ3n) is 2.05. The summed E-state index contributed by atoms with van der Waals surface area (Å²) < 4.78 is 0. The molecule has 0 aliphatic heterocycles. The number of hydrogen-bond acceptors (Lipinski definition) is 2. The lowest BCUT2D eigenvalue weighted by Crippen LogP contribution is -2.70. The van der Waals surface area contributed by atoms with Gasteiger partial charge in [0.25, 0.3) is 0 Å². The SMILES string of the molecule is CC(=O)NC(=[NH+]c1c(Cl)cccc1Cl)SCC(C)C. The van der Waals surface area contributed by atoms with Crippen LogP contribution in [0.5, 0.6) is 0 Å². The van der Waals surface area contributed by atoms with E-state index in [0.29, 0.717) is 26.8 Å². The summed E-state index contributed by atoms with van der Waals surface area (Å²) in [5.41, 5.74) is 0.603. The smallest absolute Gasteiger partial charge is 0.247 e. The molecule has 0 aromatic heterocycles. The number of nitrogens with one attached hydrogen (secondary N) is 2. The van der Waals surface area contributed by atoms with E-state index in [1.165, 1.54) is 18.7 Å². The highest BCUT2D eigenvalue weighted by atomic mass is 35.5. The molecule has 0 saturated carbocycles. The predicted molar refractivity (Wildman–Crippen MR) is 83.2 cm³/mol. The van der Waals surface area contributed by atoms with E-state index in [0.717, 1.165) is 5.75 Å². The Hall–Kier alpha value is -0.710. The molecule has 0 aliphatic rings. The highest BCUT2D eigenvalue weighted by Gasteiger charge is 2.15. The second kappa shape index (κ2) is 7.78. The zero-order chi connectivity index (χ0) is 14.4. The Balaban J connectivity index is 3.01. The standard InChI is InChI=1S/C13H16Cl2N2OS/c1-8(2)7-19-13(16-9(3)18)17-12-10(14)5-4-6-11(12)15/h4-6,8H,7H2,1-3H3,(H,16,17,18)/p+1. The van der Waals surface area contributed by atoms with Crippen LogP contribution in [0.15, 0.2) is 18.2 Å². The lowest BCUT2D eigenvalue weighted by molar-refractivity contribution is -0.352. The molecule has 104 valence electrons. The summed E-state index contributed by atoms with van der Waals surface area (Å²) in [6.07, 6.45) is 0. The van der Waals surface area contributed by atoms with Gasteiger partial charge in [-0.15, -0.1) is 0 Å². The van der Waals surface area contributed by atoms with Gasteiger partial charge in [0.15, 0.2) is 5.69 Å². The first-order valence-electron chi connectivity index (χ1n) is 5.88. The summed E-state index contributed by atoms with van der Waals surface area (Å²) >= 11 is 13.7. The molecule has 1 aromatic carbocycles. The molecule has 0 unspecified atom stereocenters. The average molecular weight is 320 g/mol.